The molecule has 0 atom stereocenters. The predicted molar refractivity (Wildman–Crippen MR) is 118 cm³/mol. The summed E-state index contributed by atoms with van der Waals surface area (Å²) in [7, 11) is 0. The molecule has 0 spiro atoms. The Morgan fingerprint density at radius 1 is 1.10 bits per heavy atom. The largest absolute Gasteiger partial charge is 0.467 e. The van der Waals surface area contributed by atoms with Gasteiger partial charge in [0.15, 0.2) is 16.8 Å². The number of H-pyrrole nitrogens is 1. The molecular formula is C23H24N4O2S. The number of rotatable bonds is 7. The minimum Gasteiger partial charge on any atom is -0.467 e. The van der Waals surface area contributed by atoms with E-state index in [2.05, 4.69) is 60.2 Å². The molecule has 30 heavy (non-hydrogen) atoms. The Bertz CT molecular complexity index is 1110. The van der Waals surface area contributed by atoms with E-state index >= 15 is 0 Å². The van der Waals surface area contributed by atoms with Crippen LogP contribution in [0.4, 0.5) is 0 Å². The molecule has 6 nitrogen and oxygen atoms in total. The van der Waals surface area contributed by atoms with E-state index in [0.29, 0.717) is 17.4 Å². The SMILES string of the molecule is CC(C)(C)c1ccc(-c2nnc(SCC(=O)c3ccc[nH]3)n2Cc2ccco2)cc1. The van der Waals surface area contributed by atoms with Gasteiger partial charge in [0.1, 0.15) is 5.76 Å². The predicted octanol–water partition coefficient (Wildman–Crippen LogP) is 5.19. The van der Waals surface area contributed by atoms with Crippen LogP contribution in [-0.2, 0) is 12.0 Å². The van der Waals surface area contributed by atoms with Crippen LogP contribution in [0.3, 0.4) is 0 Å². The molecule has 0 amide bonds. The second-order valence-corrected chi connectivity index (χ2v) is 9.04. The maximum absolute atomic E-state index is 12.4. The second kappa shape index (κ2) is 8.36. The monoisotopic (exact) mass is 420 g/mol. The maximum Gasteiger partial charge on any atom is 0.192 e. The van der Waals surface area contributed by atoms with Gasteiger partial charge >= 0.3 is 0 Å². The Balaban J connectivity index is 1.62. The summed E-state index contributed by atoms with van der Waals surface area (Å²) in [5.41, 5.74) is 2.91. The van der Waals surface area contributed by atoms with Crippen molar-refractivity contribution in [3.8, 4) is 11.4 Å². The van der Waals surface area contributed by atoms with Crippen molar-refractivity contribution >= 4 is 17.5 Å². The van der Waals surface area contributed by atoms with Gasteiger partial charge in [0, 0.05) is 11.8 Å². The maximum atomic E-state index is 12.4. The summed E-state index contributed by atoms with van der Waals surface area (Å²) in [6.07, 6.45) is 3.40. The number of benzene rings is 1. The van der Waals surface area contributed by atoms with Crippen LogP contribution in [0.1, 0.15) is 42.6 Å². The zero-order valence-electron chi connectivity index (χ0n) is 17.3. The normalized spacial score (nSPS) is 11.7. The van der Waals surface area contributed by atoms with Crippen LogP contribution < -0.4 is 0 Å². The summed E-state index contributed by atoms with van der Waals surface area (Å²) < 4.78 is 7.54. The van der Waals surface area contributed by atoms with E-state index < -0.39 is 0 Å². The summed E-state index contributed by atoms with van der Waals surface area (Å²) >= 11 is 1.38. The van der Waals surface area contributed by atoms with Crippen LogP contribution in [0.25, 0.3) is 11.4 Å². The van der Waals surface area contributed by atoms with Crippen molar-refractivity contribution < 1.29 is 9.21 Å². The Labute approximate surface area is 179 Å². The number of ketones is 1. The topological polar surface area (TPSA) is 76.7 Å². The first-order chi connectivity index (χ1) is 14.4. The van der Waals surface area contributed by atoms with Crippen LogP contribution in [0, 0.1) is 0 Å². The van der Waals surface area contributed by atoms with Gasteiger partial charge in [0.05, 0.1) is 24.3 Å². The summed E-state index contributed by atoms with van der Waals surface area (Å²) in [6.45, 7) is 7.07. The van der Waals surface area contributed by atoms with Crippen molar-refractivity contribution in [3.05, 3.63) is 78.0 Å². The van der Waals surface area contributed by atoms with E-state index in [9.17, 15) is 4.79 Å². The first-order valence-corrected chi connectivity index (χ1v) is 10.8. The van der Waals surface area contributed by atoms with Gasteiger partial charge < -0.3 is 9.40 Å². The van der Waals surface area contributed by atoms with Crippen molar-refractivity contribution in [2.24, 2.45) is 0 Å². The van der Waals surface area contributed by atoms with Gasteiger partial charge in [-0.15, -0.1) is 10.2 Å². The van der Waals surface area contributed by atoms with Crippen LogP contribution in [-0.4, -0.2) is 31.3 Å². The summed E-state index contributed by atoms with van der Waals surface area (Å²) in [5.74, 6) is 1.86. The molecule has 1 N–H and O–H groups in total. The Morgan fingerprint density at radius 2 is 1.90 bits per heavy atom. The van der Waals surface area contributed by atoms with E-state index in [1.165, 1.54) is 17.3 Å². The fourth-order valence-corrected chi connectivity index (χ4v) is 3.96. The van der Waals surface area contributed by atoms with Gasteiger partial charge in [-0.3, -0.25) is 9.36 Å². The lowest BCUT2D eigenvalue weighted by atomic mass is 9.87. The molecule has 7 heteroatoms. The number of hydrogen-bond donors (Lipinski definition) is 1. The van der Waals surface area contributed by atoms with Gasteiger partial charge in [-0.05, 0) is 35.2 Å². The van der Waals surface area contributed by atoms with Crippen molar-refractivity contribution in [2.45, 2.75) is 37.9 Å². The average Bonchev–Trinajstić information content (AvgIpc) is 3.48. The van der Waals surface area contributed by atoms with Gasteiger partial charge in [-0.1, -0.05) is 56.8 Å². The number of nitrogens with zero attached hydrogens (tertiary/aromatic N) is 3. The molecule has 0 unspecified atom stereocenters. The van der Waals surface area contributed by atoms with Gasteiger partial charge in [0.2, 0.25) is 0 Å². The number of carbonyl (C=O) groups is 1. The molecule has 0 saturated carbocycles. The lowest BCUT2D eigenvalue weighted by Gasteiger charge is -2.19. The molecule has 0 fully saturated rings. The number of aromatic amines is 1. The molecule has 3 aromatic heterocycles. The molecule has 0 aliphatic carbocycles. The number of furan rings is 1. The van der Waals surface area contributed by atoms with Crippen LogP contribution >= 0.6 is 11.8 Å². The molecule has 0 aliphatic rings. The average molecular weight is 421 g/mol. The summed E-state index contributed by atoms with van der Waals surface area (Å²) in [6, 6.07) is 15.8. The lowest BCUT2D eigenvalue weighted by Crippen LogP contribution is -2.10. The summed E-state index contributed by atoms with van der Waals surface area (Å²) in [5, 5.41) is 9.48. The molecule has 1 aromatic carbocycles. The molecule has 4 aromatic rings. The van der Waals surface area contributed by atoms with Crippen molar-refractivity contribution in [2.75, 3.05) is 5.75 Å². The number of Topliss-reactive ketones (excluding diaryl/α,β-unsaturated/α-hetero) is 1. The first-order valence-electron chi connectivity index (χ1n) is 9.78. The van der Waals surface area contributed by atoms with Gasteiger partial charge in [-0.25, -0.2) is 0 Å². The molecular weight excluding hydrogens is 396 g/mol. The molecule has 0 bridgehead atoms. The fraction of sp³-hybridized carbons (Fsp3) is 0.261. The van der Waals surface area contributed by atoms with Gasteiger partial charge in [-0.2, -0.15) is 0 Å². The number of nitrogens with one attached hydrogen (secondary N) is 1. The number of carbonyl (C=O) groups excluding carboxylic acids is 1. The quantitative estimate of drug-likeness (QED) is 0.329. The third kappa shape index (κ3) is 4.41. The zero-order valence-corrected chi connectivity index (χ0v) is 18.1. The third-order valence-electron chi connectivity index (χ3n) is 4.85. The Morgan fingerprint density at radius 3 is 2.53 bits per heavy atom. The number of thioether (sulfide) groups is 1. The van der Waals surface area contributed by atoms with Crippen LogP contribution in [0.5, 0.6) is 0 Å². The van der Waals surface area contributed by atoms with E-state index in [-0.39, 0.29) is 17.0 Å². The molecule has 0 aliphatic heterocycles. The minimum absolute atomic E-state index is 0.0219. The van der Waals surface area contributed by atoms with E-state index in [0.717, 1.165) is 17.1 Å². The second-order valence-electron chi connectivity index (χ2n) is 8.09. The van der Waals surface area contributed by atoms with Crippen molar-refractivity contribution in [3.63, 3.8) is 0 Å². The smallest absolute Gasteiger partial charge is 0.192 e. The Hall–Kier alpha value is -3.06. The molecule has 0 saturated heterocycles. The lowest BCUT2D eigenvalue weighted by molar-refractivity contribution is 0.101. The van der Waals surface area contributed by atoms with E-state index in [1.54, 1.807) is 18.5 Å². The molecule has 3 heterocycles. The van der Waals surface area contributed by atoms with Crippen LogP contribution in [0.15, 0.2) is 70.6 Å². The third-order valence-corrected chi connectivity index (χ3v) is 5.82. The van der Waals surface area contributed by atoms with Crippen molar-refractivity contribution in [1.29, 1.82) is 0 Å². The van der Waals surface area contributed by atoms with Crippen molar-refractivity contribution in [1.82, 2.24) is 19.7 Å². The fourth-order valence-electron chi connectivity index (χ4n) is 3.14. The zero-order chi connectivity index (χ0) is 21.1. The molecule has 0 radical (unpaired) electrons. The highest BCUT2D eigenvalue weighted by atomic mass is 32.2. The number of aromatic nitrogens is 4. The highest BCUT2D eigenvalue weighted by Crippen LogP contribution is 2.28. The van der Waals surface area contributed by atoms with E-state index in [4.69, 9.17) is 4.42 Å². The van der Waals surface area contributed by atoms with Crippen LogP contribution in [0.2, 0.25) is 0 Å². The van der Waals surface area contributed by atoms with E-state index in [1.807, 2.05) is 22.8 Å². The minimum atomic E-state index is 0.0219. The number of hydrogen-bond acceptors (Lipinski definition) is 5. The molecule has 154 valence electrons. The highest BCUT2D eigenvalue weighted by molar-refractivity contribution is 7.99. The standard InChI is InChI=1S/C23H24N4O2S/c1-23(2,3)17-10-8-16(9-11-17)21-25-26-22(27(21)14-18-6-5-13-29-18)30-15-20(28)19-7-4-12-24-19/h4-13,24H,14-15H2,1-3H3. The van der Waals surface area contributed by atoms with Gasteiger partial charge in [0.25, 0.3) is 0 Å². The highest BCUT2D eigenvalue weighted by Gasteiger charge is 2.19. The Kier molecular flexibility index (Phi) is 5.63. The summed E-state index contributed by atoms with van der Waals surface area (Å²) in [4.78, 5) is 15.3. The molecule has 4 rings (SSSR count). The first kappa shape index (κ1) is 20.2.